The molecule has 0 aliphatic heterocycles. The lowest BCUT2D eigenvalue weighted by atomic mass is 10.8. The largest absolute Gasteiger partial charge is 0.243 e. The monoisotopic (exact) mass is 96.1 g/mol. The molecule has 0 fully saturated rings. The van der Waals surface area contributed by atoms with Crippen LogP contribution in [-0.4, -0.2) is 14.8 Å². The predicted molar refractivity (Wildman–Crippen MR) is 24.5 cm³/mol. The first-order valence-electron chi connectivity index (χ1n) is 2.19. The molecule has 1 heterocycles. The summed E-state index contributed by atoms with van der Waals surface area (Å²) >= 11 is 0. The summed E-state index contributed by atoms with van der Waals surface area (Å²) in [7, 11) is 0. The molecule has 1 rings (SSSR count). The van der Waals surface area contributed by atoms with Crippen molar-refractivity contribution in [3.05, 3.63) is 12.7 Å². The summed E-state index contributed by atoms with van der Waals surface area (Å²) in [6.45, 7) is 2.84. The minimum Gasteiger partial charge on any atom is -0.243 e. The Kier molecular flexibility index (Phi) is 1.06. The maximum atomic E-state index is 3.78. The van der Waals surface area contributed by atoms with Gasteiger partial charge in [0.15, 0.2) is 6.33 Å². The number of nitrogens with zero attached hydrogens (tertiary/aromatic N) is 3. The Hall–Kier alpha value is -0.860. The van der Waals surface area contributed by atoms with Gasteiger partial charge in [0, 0.05) is 6.54 Å². The maximum Gasteiger partial charge on any atom is 0.195 e. The SMILES string of the molecule is CCn1[c]ncn1. The van der Waals surface area contributed by atoms with E-state index in [1.165, 1.54) is 6.33 Å². The Morgan fingerprint density at radius 3 is 3.00 bits per heavy atom. The number of rotatable bonds is 1. The van der Waals surface area contributed by atoms with Gasteiger partial charge in [-0.2, -0.15) is 5.10 Å². The lowest BCUT2D eigenvalue weighted by Gasteiger charge is -1.84. The van der Waals surface area contributed by atoms with Gasteiger partial charge in [-0.05, 0) is 6.92 Å². The van der Waals surface area contributed by atoms with Crippen LogP contribution in [0.25, 0.3) is 0 Å². The first kappa shape index (κ1) is 4.30. The van der Waals surface area contributed by atoms with E-state index in [0.29, 0.717) is 0 Å². The second-order valence-corrected chi connectivity index (χ2v) is 1.18. The third-order valence-electron chi connectivity index (χ3n) is 0.721. The quantitative estimate of drug-likeness (QED) is 0.496. The highest BCUT2D eigenvalue weighted by atomic mass is 15.3. The molecule has 1 radical (unpaired) electrons. The molecule has 0 aromatic carbocycles. The summed E-state index contributed by atoms with van der Waals surface area (Å²) in [4.78, 5) is 3.62. The zero-order valence-electron chi connectivity index (χ0n) is 4.13. The van der Waals surface area contributed by atoms with E-state index >= 15 is 0 Å². The van der Waals surface area contributed by atoms with Crippen LogP contribution >= 0.6 is 0 Å². The van der Waals surface area contributed by atoms with Gasteiger partial charge in [0.1, 0.15) is 6.33 Å². The Morgan fingerprint density at radius 2 is 2.71 bits per heavy atom. The first-order chi connectivity index (χ1) is 3.43. The fraction of sp³-hybridized carbons (Fsp3) is 0.500. The van der Waals surface area contributed by atoms with Crippen LogP contribution in [0.15, 0.2) is 6.33 Å². The van der Waals surface area contributed by atoms with Gasteiger partial charge in [0.2, 0.25) is 0 Å². The topological polar surface area (TPSA) is 30.7 Å². The second kappa shape index (κ2) is 1.73. The summed E-state index contributed by atoms with van der Waals surface area (Å²) in [5.74, 6) is 0. The van der Waals surface area contributed by atoms with Crippen LogP contribution in [-0.2, 0) is 6.54 Å². The van der Waals surface area contributed by atoms with Gasteiger partial charge in [0.25, 0.3) is 0 Å². The molecule has 0 amide bonds. The Morgan fingerprint density at radius 1 is 1.86 bits per heavy atom. The molecule has 0 aliphatic rings. The van der Waals surface area contributed by atoms with Crippen LogP contribution in [0.3, 0.4) is 0 Å². The van der Waals surface area contributed by atoms with Gasteiger partial charge >= 0.3 is 0 Å². The van der Waals surface area contributed by atoms with Gasteiger partial charge in [-0.3, -0.25) is 0 Å². The van der Waals surface area contributed by atoms with Crippen LogP contribution in [0.5, 0.6) is 0 Å². The average molecular weight is 96.1 g/mol. The van der Waals surface area contributed by atoms with Crippen molar-refractivity contribution in [1.82, 2.24) is 14.8 Å². The molecule has 7 heavy (non-hydrogen) atoms. The third-order valence-corrected chi connectivity index (χ3v) is 0.721. The zero-order chi connectivity index (χ0) is 5.11. The number of hydrogen-bond acceptors (Lipinski definition) is 2. The molecular weight excluding hydrogens is 90.1 g/mol. The molecule has 0 saturated carbocycles. The van der Waals surface area contributed by atoms with E-state index in [9.17, 15) is 0 Å². The molecule has 0 saturated heterocycles. The van der Waals surface area contributed by atoms with E-state index in [-0.39, 0.29) is 0 Å². The molecule has 3 nitrogen and oxygen atoms in total. The standard InChI is InChI=1S/C4H6N3/c1-2-7-4-5-3-6-7/h3H,2H2,1H3. The molecule has 0 atom stereocenters. The number of aromatic nitrogens is 3. The minimum atomic E-state index is 0.847. The average Bonchev–Trinajstić information content (AvgIpc) is 2.14. The van der Waals surface area contributed by atoms with Crippen LogP contribution in [0, 0.1) is 6.33 Å². The fourth-order valence-electron chi connectivity index (χ4n) is 0.359. The lowest BCUT2D eigenvalue weighted by molar-refractivity contribution is 0.652. The summed E-state index contributed by atoms with van der Waals surface area (Å²) in [5, 5.41) is 3.78. The summed E-state index contributed by atoms with van der Waals surface area (Å²) in [5.41, 5.74) is 0. The van der Waals surface area contributed by atoms with Crippen molar-refractivity contribution in [2.45, 2.75) is 13.5 Å². The van der Waals surface area contributed by atoms with E-state index in [1.54, 1.807) is 4.68 Å². The van der Waals surface area contributed by atoms with Crippen molar-refractivity contribution in [3.63, 3.8) is 0 Å². The van der Waals surface area contributed by atoms with E-state index < -0.39 is 0 Å². The summed E-state index contributed by atoms with van der Waals surface area (Å²) in [6, 6.07) is 0. The maximum absolute atomic E-state index is 3.78. The van der Waals surface area contributed by atoms with Gasteiger partial charge < -0.3 is 0 Å². The Balaban J connectivity index is 2.76. The van der Waals surface area contributed by atoms with Gasteiger partial charge in [-0.1, -0.05) is 0 Å². The Labute approximate surface area is 42.0 Å². The molecule has 0 aliphatic carbocycles. The number of aryl methyl sites for hydroxylation is 1. The van der Waals surface area contributed by atoms with E-state index in [2.05, 4.69) is 16.4 Å². The molecule has 1 aromatic heterocycles. The van der Waals surface area contributed by atoms with Crippen LogP contribution < -0.4 is 0 Å². The summed E-state index contributed by atoms with van der Waals surface area (Å²) in [6.07, 6.45) is 4.12. The van der Waals surface area contributed by atoms with Crippen LogP contribution in [0.1, 0.15) is 6.92 Å². The Bertz CT molecular complexity index is 121. The highest BCUT2D eigenvalue weighted by molar-refractivity contribution is 4.49. The fourth-order valence-corrected chi connectivity index (χ4v) is 0.359. The van der Waals surface area contributed by atoms with Crippen LogP contribution in [0.4, 0.5) is 0 Å². The van der Waals surface area contributed by atoms with Crippen LogP contribution in [0.2, 0.25) is 0 Å². The lowest BCUT2D eigenvalue weighted by Crippen LogP contribution is -1.92. The van der Waals surface area contributed by atoms with Crippen molar-refractivity contribution in [2.24, 2.45) is 0 Å². The normalized spacial score (nSPS) is 9.29. The van der Waals surface area contributed by atoms with Crippen molar-refractivity contribution in [2.75, 3.05) is 0 Å². The van der Waals surface area contributed by atoms with Gasteiger partial charge in [-0.25, -0.2) is 9.67 Å². The highest BCUT2D eigenvalue weighted by Crippen LogP contribution is 1.73. The summed E-state index contributed by atoms with van der Waals surface area (Å²) < 4.78 is 1.64. The molecule has 0 N–H and O–H groups in total. The minimum absolute atomic E-state index is 0.847. The van der Waals surface area contributed by atoms with E-state index in [0.717, 1.165) is 6.54 Å². The predicted octanol–water partition coefficient (Wildman–Crippen LogP) is 0.0982. The van der Waals surface area contributed by atoms with Crippen molar-refractivity contribution >= 4 is 0 Å². The molecular formula is C4H6N3. The number of hydrogen-bond donors (Lipinski definition) is 0. The highest BCUT2D eigenvalue weighted by Gasteiger charge is 1.80. The van der Waals surface area contributed by atoms with Crippen molar-refractivity contribution < 1.29 is 0 Å². The first-order valence-corrected chi connectivity index (χ1v) is 2.19. The van der Waals surface area contributed by atoms with Crippen molar-refractivity contribution in [3.8, 4) is 0 Å². The molecule has 1 aromatic rings. The van der Waals surface area contributed by atoms with E-state index in [1.807, 2.05) is 6.92 Å². The molecule has 3 heteroatoms. The van der Waals surface area contributed by atoms with Gasteiger partial charge in [-0.15, -0.1) is 0 Å². The zero-order valence-corrected chi connectivity index (χ0v) is 4.13. The van der Waals surface area contributed by atoms with Gasteiger partial charge in [0.05, 0.1) is 0 Å². The molecule has 37 valence electrons. The molecule has 0 unspecified atom stereocenters. The smallest absolute Gasteiger partial charge is 0.195 e. The van der Waals surface area contributed by atoms with Crippen molar-refractivity contribution in [1.29, 1.82) is 0 Å². The van der Waals surface area contributed by atoms with E-state index in [4.69, 9.17) is 0 Å². The molecule has 0 spiro atoms. The molecule has 0 bridgehead atoms. The second-order valence-electron chi connectivity index (χ2n) is 1.18. The third kappa shape index (κ3) is 0.765.